The van der Waals surface area contributed by atoms with Crippen LogP contribution in [0.3, 0.4) is 0 Å². The third-order valence-corrected chi connectivity index (χ3v) is 6.64. The standard InChI is InChI=1S/C13H19N3O4S2/c1-13(10-6-4-8-21-10)11(17)16(12(18)14-13)7-5-9-22(19,20)15(2)3/h4,6,8H,5,7,9H2,1-3H3,(H,14,18). The number of nitrogens with zero attached hydrogens (tertiary/aromatic N) is 2. The highest BCUT2D eigenvalue weighted by Gasteiger charge is 2.49. The lowest BCUT2D eigenvalue weighted by Crippen LogP contribution is -2.40. The van der Waals surface area contributed by atoms with E-state index >= 15 is 0 Å². The topological polar surface area (TPSA) is 86.8 Å². The van der Waals surface area contributed by atoms with Gasteiger partial charge in [-0.3, -0.25) is 9.69 Å². The summed E-state index contributed by atoms with van der Waals surface area (Å²) in [5, 5.41) is 4.53. The smallest absolute Gasteiger partial charge is 0.319 e. The van der Waals surface area contributed by atoms with Crippen molar-refractivity contribution in [2.24, 2.45) is 0 Å². The Labute approximate surface area is 134 Å². The summed E-state index contributed by atoms with van der Waals surface area (Å²) >= 11 is 1.39. The Balaban J connectivity index is 2.05. The Bertz CT molecular complexity index is 669. The van der Waals surface area contributed by atoms with Gasteiger partial charge in [-0.2, -0.15) is 0 Å². The first-order valence-electron chi connectivity index (χ1n) is 6.77. The van der Waals surface area contributed by atoms with E-state index in [9.17, 15) is 18.0 Å². The molecular weight excluding hydrogens is 326 g/mol. The zero-order valence-corrected chi connectivity index (χ0v) is 14.3. The molecule has 2 heterocycles. The molecule has 0 spiro atoms. The summed E-state index contributed by atoms with van der Waals surface area (Å²) in [7, 11) is -0.421. The largest absolute Gasteiger partial charge is 0.325 e. The van der Waals surface area contributed by atoms with E-state index in [4.69, 9.17) is 0 Å². The second-order valence-electron chi connectivity index (χ2n) is 5.44. The molecule has 1 fully saturated rings. The van der Waals surface area contributed by atoms with Crippen molar-refractivity contribution in [3.8, 4) is 0 Å². The average Bonchev–Trinajstić information content (AvgIpc) is 3.02. The fourth-order valence-electron chi connectivity index (χ4n) is 2.22. The lowest BCUT2D eigenvalue weighted by atomic mass is 10.0. The summed E-state index contributed by atoms with van der Waals surface area (Å²) in [5.74, 6) is -0.450. The monoisotopic (exact) mass is 345 g/mol. The van der Waals surface area contributed by atoms with Gasteiger partial charge < -0.3 is 5.32 Å². The van der Waals surface area contributed by atoms with Crippen LogP contribution in [0.25, 0.3) is 0 Å². The SMILES string of the molecule is CN(C)S(=O)(=O)CCCN1C(=O)NC(C)(c2cccs2)C1=O. The molecule has 1 aromatic rings. The number of imide groups is 1. The van der Waals surface area contributed by atoms with Gasteiger partial charge in [0.2, 0.25) is 10.0 Å². The Morgan fingerprint density at radius 1 is 1.36 bits per heavy atom. The van der Waals surface area contributed by atoms with E-state index in [1.807, 2.05) is 11.4 Å². The zero-order chi connectivity index (χ0) is 16.5. The number of thiophene rings is 1. The molecule has 1 aliphatic rings. The van der Waals surface area contributed by atoms with Gasteiger partial charge in [0, 0.05) is 25.5 Å². The summed E-state index contributed by atoms with van der Waals surface area (Å²) in [5.41, 5.74) is -1.06. The van der Waals surface area contributed by atoms with Gasteiger partial charge >= 0.3 is 6.03 Å². The number of amides is 3. The van der Waals surface area contributed by atoms with Crippen LogP contribution in [-0.4, -0.2) is 56.0 Å². The predicted octanol–water partition coefficient (Wildman–Crippen LogP) is 0.797. The molecule has 0 aliphatic carbocycles. The molecule has 1 aromatic heterocycles. The first-order valence-corrected chi connectivity index (χ1v) is 9.25. The maximum Gasteiger partial charge on any atom is 0.325 e. The number of rotatable bonds is 6. The molecule has 1 aliphatic heterocycles. The highest BCUT2D eigenvalue weighted by atomic mass is 32.2. The van der Waals surface area contributed by atoms with Crippen LogP contribution in [0.1, 0.15) is 18.2 Å². The van der Waals surface area contributed by atoms with E-state index in [-0.39, 0.29) is 24.6 Å². The molecule has 0 bridgehead atoms. The molecule has 0 radical (unpaired) electrons. The molecular formula is C13H19N3O4S2. The van der Waals surface area contributed by atoms with Crippen molar-refractivity contribution < 1.29 is 18.0 Å². The minimum absolute atomic E-state index is 0.0820. The number of urea groups is 1. The van der Waals surface area contributed by atoms with Gasteiger partial charge in [-0.05, 0) is 24.8 Å². The third-order valence-electron chi connectivity index (χ3n) is 3.63. The highest BCUT2D eigenvalue weighted by Crippen LogP contribution is 2.31. The van der Waals surface area contributed by atoms with Crippen molar-refractivity contribution in [2.45, 2.75) is 18.9 Å². The lowest BCUT2D eigenvalue weighted by molar-refractivity contribution is -0.131. The Morgan fingerprint density at radius 3 is 2.59 bits per heavy atom. The second kappa shape index (κ2) is 5.98. The minimum Gasteiger partial charge on any atom is -0.319 e. The van der Waals surface area contributed by atoms with Crippen LogP contribution in [0, 0.1) is 0 Å². The van der Waals surface area contributed by atoms with Gasteiger partial charge in [-0.15, -0.1) is 11.3 Å². The zero-order valence-electron chi connectivity index (χ0n) is 12.7. The van der Waals surface area contributed by atoms with Gasteiger partial charge in [0.15, 0.2) is 5.54 Å². The van der Waals surface area contributed by atoms with Crippen molar-refractivity contribution in [3.05, 3.63) is 22.4 Å². The van der Waals surface area contributed by atoms with Gasteiger partial charge in [-0.1, -0.05) is 6.07 Å². The molecule has 1 saturated heterocycles. The molecule has 1 unspecified atom stereocenters. The van der Waals surface area contributed by atoms with Crippen molar-refractivity contribution in [2.75, 3.05) is 26.4 Å². The van der Waals surface area contributed by atoms with Crippen molar-refractivity contribution in [1.29, 1.82) is 0 Å². The maximum atomic E-state index is 12.5. The maximum absolute atomic E-state index is 12.5. The molecule has 7 nitrogen and oxygen atoms in total. The Morgan fingerprint density at radius 2 is 2.05 bits per heavy atom. The Kier molecular flexibility index (Phi) is 4.59. The quantitative estimate of drug-likeness (QED) is 0.773. The minimum atomic E-state index is -3.33. The van der Waals surface area contributed by atoms with Gasteiger partial charge in [0.05, 0.1) is 5.75 Å². The van der Waals surface area contributed by atoms with Crippen LogP contribution < -0.4 is 5.32 Å². The molecule has 1 atom stereocenters. The van der Waals surface area contributed by atoms with Gasteiger partial charge in [-0.25, -0.2) is 17.5 Å². The number of carbonyl (C=O) groups is 2. The fourth-order valence-corrected chi connectivity index (χ4v) is 3.91. The van der Waals surface area contributed by atoms with Crippen molar-refractivity contribution in [3.63, 3.8) is 0 Å². The fraction of sp³-hybridized carbons (Fsp3) is 0.538. The van der Waals surface area contributed by atoms with E-state index in [0.29, 0.717) is 0 Å². The van der Waals surface area contributed by atoms with Crippen LogP contribution in [0.4, 0.5) is 4.79 Å². The number of hydrogen-bond acceptors (Lipinski definition) is 5. The molecule has 0 saturated carbocycles. The second-order valence-corrected chi connectivity index (χ2v) is 8.69. The first kappa shape index (κ1) is 16.9. The van der Waals surface area contributed by atoms with E-state index in [2.05, 4.69) is 5.32 Å². The third kappa shape index (κ3) is 3.01. The molecule has 2 rings (SSSR count). The van der Waals surface area contributed by atoms with Crippen LogP contribution in [0.15, 0.2) is 17.5 Å². The Hall–Kier alpha value is -1.45. The van der Waals surface area contributed by atoms with Crippen LogP contribution in [-0.2, 0) is 20.4 Å². The summed E-state index contributed by atoms with van der Waals surface area (Å²) < 4.78 is 24.5. The predicted molar refractivity (Wildman–Crippen MR) is 84.0 cm³/mol. The molecule has 122 valence electrons. The molecule has 1 N–H and O–H groups in total. The normalized spacial score (nSPS) is 22.5. The summed E-state index contributed by atoms with van der Waals surface area (Å²) in [6.07, 6.45) is 0.209. The first-order chi connectivity index (χ1) is 10.2. The van der Waals surface area contributed by atoms with E-state index < -0.39 is 21.6 Å². The van der Waals surface area contributed by atoms with Crippen molar-refractivity contribution >= 4 is 33.3 Å². The van der Waals surface area contributed by atoms with Crippen LogP contribution in [0.2, 0.25) is 0 Å². The number of sulfonamides is 1. The van der Waals surface area contributed by atoms with E-state index in [1.165, 1.54) is 25.4 Å². The number of carbonyl (C=O) groups excluding carboxylic acids is 2. The summed E-state index contributed by atoms with van der Waals surface area (Å²) in [6, 6.07) is 3.13. The lowest BCUT2D eigenvalue weighted by Gasteiger charge is -2.20. The molecule has 3 amide bonds. The molecule has 9 heteroatoms. The summed E-state index contributed by atoms with van der Waals surface area (Å²) in [6.45, 7) is 1.74. The van der Waals surface area contributed by atoms with E-state index in [0.717, 1.165) is 14.1 Å². The molecule has 22 heavy (non-hydrogen) atoms. The van der Waals surface area contributed by atoms with E-state index in [1.54, 1.807) is 13.0 Å². The molecule has 0 aromatic carbocycles. The average molecular weight is 345 g/mol. The van der Waals surface area contributed by atoms with Crippen molar-refractivity contribution in [1.82, 2.24) is 14.5 Å². The number of nitrogens with one attached hydrogen (secondary N) is 1. The highest BCUT2D eigenvalue weighted by molar-refractivity contribution is 7.89. The van der Waals surface area contributed by atoms with Crippen LogP contribution >= 0.6 is 11.3 Å². The summed E-state index contributed by atoms with van der Waals surface area (Å²) in [4.78, 5) is 26.4. The van der Waals surface area contributed by atoms with Crippen LogP contribution in [0.5, 0.6) is 0 Å². The van der Waals surface area contributed by atoms with Gasteiger partial charge in [0.25, 0.3) is 5.91 Å². The van der Waals surface area contributed by atoms with Gasteiger partial charge in [0.1, 0.15) is 0 Å². The number of hydrogen-bond donors (Lipinski definition) is 1.